The van der Waals surface area contributed by atoms with Gasteiger partial charge in [-0.25, -0.2) is 8.78 Å². The van der Waals surface area contributed by atoms with Gasteiger partial charge < -0.3 is 24.8 Å². The van der Waals surface area contributed by atoms with Gasteiger partial charge >= 0.3 is 6.18 Å². The van der Waals surface area contributed by atoms with Crippen molar-refractivity contribution in [2.45, 2.75) is 44.1 Å². The Hall–Kier alpha value is -2.80. The summed E-state index contributed by atoms with van der Waals surface area (Å²) >= 11 is 1.15. The topological polar surface area (TPSA) is 53.6 Å². The second-order valence-electron chi connectivity index (χ2n) is 10.8. The lowest BCUT2D eigenvalue weighted by Crippen LogP contribution is -2.46. The van der Waals surface area contributed by atoms with Gasteiger partial charge in [0.15, 0.2) is 0 Å². The number of nitrogens with zero attached hydrogens (tertiary/aromatic N) is 1. The summed E-state index contributed by atoms with van der Waals surface area (Å²) in [5.74, 6) is 6.00. The molecule has 226 valence electrons. The first-order valence-electron chi connectivity index (χ1n) is 13.9. The predicted octanol–water partition coefficient (Wildman–Crippen LogP) is 7.01. The Morgan fingerprint density at radius 2 is 1.95 bits per heavy atom. The van der Waals surface area contributed by atoms with Gasteiger partial charge in [0, 0.05) is 30.7 Å². The predicted molar refractivity (Wildman–Crippen MR) is 161 cm³/mol. The maximum atomic E-state index is 14.7. The molecule has 2 fully saturated rings. The highest BCUT2D eigenvalue weighted by Gasteiger charge is 2.32. The van der Waals surface area contributed by atoms with Gasteiger partial charge in [0.2, 0.25) is 6.86 Å². The molecule has 3 heterocycles. The first kappa shape index (κ1) is 30.7. The molecule has 5 rings (SSSR count). The molecule has 0 bridgehead atoms. The van der Waals surface area contributed by atoms with Gasteiger partial charge in [-0.1, -0.05) is 24.0 Å². The number of nitrogens with one attached hydrogen (secondary N) is 2. The van der Waals surface area contributed by atoms with Crippen molar-refractivity contribution in [3.05, 3.63) is 46.8 Å². The van der Waals surface area contributed by atoms with E-state index in [1.54, 1.807) is 36.4 Å². The highest BCUT2D eigenvalue weighted by molar-refractivity contribution is 7.71. The third-order valence-electron chi connectivity index (χ3n) is 7.78. The van der Waals surface area contributed by atoms with Crippen LogP contribution < -0.4 is 20.7 Å². The molecule has 2 N–H and O–H groups in total. The van der Waals surface area contributed by atoms with Crippen LogP contribution in [-0.4, -0.2) is 69.2 Å². The summed E-state index contributed by atoms with van der Waals surface area (Å²) < 4.78 is 87.5. The lowest BCUT2D eigenvalue weighted by atomic mass is 10.0. The summed E-state index contributed by atoms with van der Waals surface area (Å²) in [6.45, 7) is 0.0142. The van der Waals surface area contributed by atoms with Crippen molar-refractivity contribution in [1.29, 1.82) is 0 Å². The molecule has 12 heteroatoms. The van der Waals surface area contributed by atoms with Gasteiger partial charge in [0.05, 0.1) is 40.0 Å². The van der Waals surface area contributed by atoms with Crippen LogP contribution in [0.3, 0.4) is 0 Å². The van der Waals surface area contributed by atoms with Crippen molar-refractivity contribution in [2.75, 3.05) is 56.5 Å². The fourth-order valence-electron chi connectivity index (χ4n) is 5.64. The first-order chi connectivity index (χ1) is 20.1. The minimum absolute atomic E-state index is 0.0591. The van der Waals surface area contributed by atoms with E-state index in [0.717, 1.165) is 30.7 Å². The number of piperidine rings is 1. The molecule has 0 radical (unpaired) electrons. The van der Waals surface area contributed by atoms with E-state index in [9.17, 15) is 26.5 Å². The number of ether oxygens (including phenoxy) is 1. The monoisotopic (exact) mass is 625 g/mol. The number of halogens is 5. The summed E-state index contributed by atoms with van der Waals surface area (Å²) in [5, 5.41) is 7.38. The second kappa shape index (κ2) is 12.8. The average Bonchev–Trinajstić information content (AvgIpc) is 3.53. The second-order valence-corrected chi connectivity index (χ2v) is 15.0. The maximum absolute atomic E-state index is 14.7. The number of fused-ring (bicyclic) bond motifs is 1. The number of anilines is 2. The number of hydrogen-bond acceptors (Lipinski definition) is 6. The van der Waals surface area contributed by atoms with E-state index in [1.807, 2.05) is 11.9 Å². The van der Waals surface area contributed by atoms with Crippen LogP contribution in [0.25, 0.3) is 10.1 Å². The molecule has 2 aromatic carbocycles. The van der Waals surface area contributed by atoms with Gasteiger partial charge in [-0.2, -0.15) is 13.2 Å². The van der Waals surface area contributed by atoms with Crippen molar-refractivity contribution >= 4 is 45.2 Å². The standard InChI is InChI=1S/C30H33F5N3O2PS/c1-38-13-11-24(23(32)18-38)37-26-7-4-6-21-22(17-30(33,34)35)28(42-29(21)26)8-5-12-36-25-10-9-20(16-27(25)40-19-31)41(39)14-2-3-15-41/h4,6-7,9-10,16,23-24,36-37H,2-3,11-15,17-19H2,1H3/t23-,24?/m0/s1. The Labute approximate surface area is 246 Å². The maximum Gasteiger partial charge on any atom is 0.393 e. The van der Waals surface area contributed by atoms with Crippen LogP contribution in [0.5, 0.6) is 5.75 Å². The van der Waals surface area contributed by atoms with Crippen molar-refractivity contribution in [3.8, 4) is 17.6 Å². The van der Waals surface area contributed by atoms with Crippen molar-refractivity contribution < 1.29 is 31.3 Å². The van der Waals surface area contributed by atoms with Crippen LogP contribution in [0.4, 0.5) is 33.3 Å². The van der Waals surface area contributed by atoms with Gasteiger partial charge in [0.1, 0.15) is 19.1 Å². The molecule has 0 aliphatic carbocycles. The van der Waals surface area contributed by atoms with Crippen LogP contribution in [0.2, 0.25) is 0 Å². The van der Waals surface area contributed by atoms with Crippen LogP contribution in [0.15, 0.2) is 36.4 Å². The first-order valence-corrected chi connectivity index (χ1v) is 16.8. The van der Waals surface area contributed by atoms with Crippen LogP contribution in [0, 0.1) is 11.8 Å². The van der Waals surface area contributed by atoms with Crippen LogP contribution in [0.1, 0.15) is 29.7 Å². The molecular formula is C30H33F5N3O2PS. The molecule has 2 aliphatic heterocycles. The van der Waals surface area contributed by atoms with Crippen molar-refractivity contribution in [3.63, 3.8) is 0 Å². The summed E-state index contributed by atoms with van der Waals surface area (Å²) in [7, 11) is -0.645. The molecule has 3 aromatic rings. The summed E-state index contributed by atoms with van der Waals surface area (Å²) in [5.41, 5.74) is 1.14. The third kappa shape index (κ3) is 7.04. The molecule has 2 saturated heterocycles. The molecule has 2 aliphatic rings. The highest BCUT2D eigenvalue weighted by Crippen LogP contribution is 2.51. The molecule has 42 heavy (non-hydrogen) atoms. The van der Waals surface area contributed by atoms with E-state index in [-0.39, 0.29) is 22.7 Å². The Bertz CT molecular complexity index is 1520. The lowest BCUT2D eigenvalue weighted by Gasteiger charge is -2.33. The minimum Gasteiger partial charge on any atom is -0.461 e. The Morgan fingerprint density at radius 3 is 2.67 bits per heavy atom. The Kier molecular flexibility index (Phi) is 9.36. The number of rotatable bonds is 8. The zero-order valence-corrected chi connectivity index (χ0v) is 24.9. The van der Waals surface area contributed by atoms with Gasteiger partial charge in [-0.05, 0) is 61.5 Å². The van der Waals surface area contributed by atoms with Crippen LogP contribution in [-0.2, 0) is 11.0 Å². The van der Waals surface area contributed by atoms with E-state index in [0.29, 0.717) is 52.1 Å². The molecule has 2 atom stereocenters. The minimum atomic E-state index is -4.44. The van der Waals surface area contributed by atoms with Gasteiger partial charge in [-0.3, -0.25) is 0 Å². The fraction of sp³-hybridized carbons (Fsp3) is 0.467. The molecular weight excluding hydrogens is 592 g/mol. The zero-order chi connectivity index (χ0) is 29.9. The van der Waals surface area contributed by atoms with Crippen LogP contribution >= 0.6 is 18.5 Å². The largest absolute Gasteiger partial charge is 0.461 e. The highest BCUT2D eigenvalue weighted by atomic mass is 32.1. The Balaban J connectivity index is 1.38. The van der Waals surface area contributed by atoms with E-state index in [1.165, 1.54) is 0 Å². The van der Waals surface area contributed by atoms with E-state index < -0.39 is 38.8 Å². The zero-order valence-electron chi connectivity index (χ0n) is 23.2. The third-order valence-corrected chi connectivity index (χ3v) is 12.3. The molecule has 0 saturated carbocycles. The summed E-state index contributed by atoms with van der Waals surface area (Å²) in [4.78, 5) is 2.20. The van der Waals surface area contributed by atoms with Crippen molar-refractivity contribution in [1.82, 2.24) is 4.90 Å². The molecule has 1 unspecified atom stereocenters. The molecule has 1 aromatic heterocycles. The normalized spacial score (nSPS) is 20.7. The fourth-order valence-corrected chi connectivity index (χ4v) is 9.72. The number of benzene rings is 2. The SMILES string of the molecule is CN1CCC(Nc2cccc3c(CC(F)(F)F)c(C#CCNc4ccc(P5(=O)CCCC5)cc4OCF)sc23)[C@@H](F)C1. The number of likely N-dealkylation sites (tertiary alicyclic amines) is 1. The van der Waals surface area contributed by atoms with E-state index >= 15 is 0 Å². The number of alkyl halides is 5. The molecule has 5 nitrogen and oxygen atoms in total. The van der Waals surface area contributed by atoms with E-state index in [2.05, 4.69) is 22.5 Å². The number of thiophene rings is 1. The van der Waals surface area contributed by atoms with Crippen molar-refractivity contribution in [2.24, 2.45) is 0 Å². The summed E-state index contributed by atoms with van der Waals surface area (Å²) in [6.07, 6.45) is -3.05. The van der Waals surface area contributed by atoms with E-state index in [4.69, 9.17) is 4.74 Å². The molecule has 0 amide bonds. The number of hydrogen-bond donors (Lipinski definition) is 2. The van der Waals surface area contributed by atoms with Gasteiger partial charge in [0.25, 0.3) is 0 Å². The quantitative estimate of drug-likeness (QED) is 0.160. The smallest absolute Gasteiger partial charge is 0.393 e. The Morgan fingerprint density at radius 1 is 1.17 bits per heavy atom. The van der Waals surface area contributed by atoms with Gasteiger partial charge in [-0.15, -0.1) is 11.3 Å². The molecule has 0 spiro atoms. The summed E-state index contributed by atoms with van der Waals surface area (Å²) in [6, 6.07) is 9.67. The average molecular weight is 626 g/mol. The lowest BCUT2D eigenvalue weighted by molar-refractivity contribution is -0.126.